The standard InChI is InChI=1S/C16H19ClN2O/c1-5-10(2)13-6-8-14(9-7-13)20-16-12(4)11(3)15(17)18-19-16/h6-10H,5H2,1-4H3. The lowest BCUT2D eigenvalue weighted by atomic mass is 9.99. The van der Waals surface area contributed by atoms with Gasteiger partial charge in [-0.05, 0) is 49.4 Å². The maximum absolute atomic E-state index is 5.93. The molecule has 0 bridgehead atoms. The lowest BCUT2D eigenvalue weighted by Gasteiger charge is -2.11. The lowest BCUT2D eigenvalue weighted by molar-refractivity contribution is 0.450. The molecule has 2 rings (SSSR count). The highest BCUT2D eigenvalue weighted by atomic mass is 35.5. The third-order valence-electron chi connectivity index (χ3n) is 3.70. The van der Waals surface area contributed by atoms with E-state index in [-0.39, 0.29) is 0 Å². The first-order chi connectivity index (χ1) is 9.52. The summed E-state index contributed by atoms with van der Waals surface area (Å²) in [5.74, 6) is 1.82. The highest BCUT2D eigenvalue weighted by molar-refractivity contribution is 6.30. The van der Waals surface area contributed by atoms with Gasteiger partial charge in [-0.15, -0.1) is 10.2 Å². The maximum Gasteiger partial charge on any atom is 0.242 e. The van der Waals surface area contributed by atoms with Crippen molar-refractivity contribution >= 4 is 11.6 Å². The minimum atomic E-state index is 0.418. The van der Waals surface area contributed by atoms with E-state index >= 15 is 0 Å². The molecule has 3 nitrogen and oxygen atoms in total. The van der Waals surface area contributed by atoms with E-state index in [4.69, 9.17) is 16.3 Å². The molecule has 0 aliphatic carbocycles. The van der Waals surface area contributed by atoms with Crippen LogP contribution in [-0.2, 0) is 0 Å². The van der Waals surface area contributed by atoms with Crippen LogP contribution in [0.5, 0.6) is 11.6 Å². The van der Waals surface area contributed by atoms with Gasteiger partial charge in [-0.3, -0.25) is 0 Å². The Morgan fingerprint density at radius 2 is 1.75 bits per heavy atom. The van der Waals surface area contributed by atoms with E-state index in [9.17, 15) is 0 Å². The predicted molar refractivity (Wildman–Crippen MR) is 81.7 cm³/mol. The Bertz CT molecular complexity index is 596. The summed E-state index contributed by atoms with van der Waals surface area (Å²) in [6.07, 6.45) is 1.13. The van der Waals surface area contributed by atoms with Gasteiger partial charge in [-0.1, -0.05) is 37.6 Å². The normalized spacial score (nSPS) is 12.2. The van der Waals surface area contributed by atoms with Crippen molar-refractivity contribution in [3.05, 3.63) is 46.1 Å². The van der Waals surface area contributed by atoms with Gasteiger partial charge >= 0.3 is 0 Å². The quantitative estimate of drug-likeness (QED) is 0.790. The van der Waals surface area contributed by atoms with Crippen molar-refractivity contribution in [1.82, 2.24) is 10.2 Å². The summed E-state index contributed by atoms with van der Waals surface area (Å²) in [4.78, 5) is 0. The lowest BCUT2D eigenvalue weighted by Crippen LogP contribution is -1.98. The Morgan fingerprint density at radius 3 is 2.35 bits per heavy atom. The maximum atomic E-state index is 5.93. The van der Waals surface area contributed by atoms with Crippen molar-refractivity contribution in [3.63, 3.8) is 0 Å². The van der Waals surface area contributed by atoms with Crippen LogP contribution in [0, 0.1) is 13.8 Å². The average molecular weight is 291 g/mol. The minimum absolute atomic E-state index is 0.418. The molecule has 0 aliphatic rings. The second-order valence-corrected chi connectivity index (χ2v) is 5.38. The zero-order chi connectivity index (χ0) is 14.7. The van der Waals surface area contributed by atoms with E-state index in [1.54, 1.807) is 0 Å². The molecule has 2 aromatic rings. The Morgan fingerprint density at radius 1 is 1.10 bits per heavy atom. The first kappa shape index (κ1) is 14.8. The topological polar surface area (TPSA) is 35.0 Å². The number of aromatic nitrogens is 2. The van der Waals surface area contributed by atoms with E-state index in [1.807, 2.05) is 26.0 Å². The van der Waals surface area contributed by atoms with Crippen LogP contribution < -0.4 is 4.74 Å². The van der Waals surface area contributed by atoms with Crippen molar-refractivity contribution in [2.24, 2.45) is 0 Å². The van der Waals surface area contributed by atoms with Gasteiger partial charge in [0.25, 0.3) is 0 Å². The van der Waals surface area contributed by atoms with E-state index in [0.717, 1.165) is 23.3 Å². The van der Waals surface area contributed by atoms with Crippen LogP contribution in [0.4, 0.5) is 0 Å². The van der Waals surface area contributed by atoms with Crippen molar-refractivity contribution in [1.29, 1.82) is 0 Å². The molecular weight excluding hydrogens is 272 g/mol. The highest BCUT2D eigenvalue weighted by Gasteiger charge is 2.10. The summed E-state index contributed by atoms with van der Waals surface area (Å²) in [7, 11) is 0. The highest BCUT2D eigenvalue weighted by Crippen LogP contribution is 2.28. The molecule has 106 valence electrons. The zero-order valence-corrected chi connectivity index (χ0v) is 13.0. The van der Waals surface area contributed by atoms with E-state index in [1.165, 1.54) is 5.56 Å². The summed E-state index contributed by atoms with van der Waals surface area (Å²) in [5.41, 5.74) is 3.12. The van der Waals surface area contributed by atoms with Gasteiger partial charge in [0.05, 0.1) is 0 Å². The van der Waals surface area contributed by atoms with Crippen molar-refractivity contribution in [2.45, 2.75) is 40.0 Å². The molecule has 1 atom stereocenters. The Labute approximate surface area is 125 Å². The van der Waals surface area contributed by atoms with E-state index < -0.39 is 0 Å². The summed E-state index contributed by atoms with van der Waals surface area (Å²) in [6.45, 7) is 8.24. The van der Waals surface area contributed by atoms with E-state index in [0.29, 0.717) is 17.0 Å². The molecule has 20 heavy (non-hydrogen) atoms. The van der Waals surface area contributed by atoms with Crippen molar-refractivity contribution in [2.75, 3.05) is 0 Å². The fourth-order valence-electron chi connectivity index (χ4n) is 1.86. The van der Waals surface area contributed by atoms with Crippen molar-refractivity contribution in [3.8, 4) is 11.6 Å². The number of hydrogen-bond donors (Lipinski definition) is 0. The Kier molecular flexibility index (Phi) is 4.61. The van der Waals surface area contributed by atoms with Crippen LogP contribution in [-0.4, -0.2) is 10.2 Å². The van der Waals surface area contributed by atoms with Gasteiger partial charge in [0.1, 0.15) is 5.75 Å². The number of rotatable bonds is 4. The molecular formula is C16H19ClN2O. The van der Waals surface area contributed by atoms with Gasteiger partial charge in [0.15, 0.2) is 5.15 Å². The van der Waals surface area contributed by atoms with Crippen LogP contribution >= 0.6 is 11.6 Å². The zero-order valence-electron chi connectivity index (χ0n) is 12.3. The fraction of sp³-hybridized carbons (Fsp3) is 0.375. The van der Waals surface area contributed by atoms with Crippen LogP contribution in [0.2, 0.25) is 5.15 Å². The summed E-state index contributed by atoms with van der Waals surface area (Å²) in [6, 6.07) is 8.11. The molecule has 1 aromatic carbocycles. The third-order valence-corrected chi connectivity index (χ3v) is 4.06. The molecule has 0 aliphatic heterocycles. The molecule has 0 radical (unpaired) electrons. The third kappa shape index (κ3) is 3.10. The monoisotopic (exact) mass is 290 g/mol. The minimum Gasteiger partial charge on any atom is -0.437 e. The number of nitrogens with zero attached hydrogens (tertiary/aromatic N) is 2. The molecule has 0 saturated heterocycles. The molecule has 0 amide bonds. The second-order valence-electron chi connectivity index (χ2n) is 5.03. The van der Waals surface area contributed by atoms with Crippen LogP contribution in [0.15, 0.2) is 24.3 Å². The van der Waals surface area contributed by atoms with Gasteiger partial charge in [0, 0.05) is 5.56 Å². The number of ether oxygens (including phenoxy) is 1. The van der Waals surface area contributed by atoms with Gasteiger partial charge in [-0.2, -0.15) is 0 Å². The van der Waals surface area contributed by atoms with Gasteiger partial charge < -0.3 is 4.74 Å². The van der Waals surface area contributed by atoms with Gasteiger partial charge in [0.2, 0.25) is 5.88 Å². The first-order valence-corrected chi connectivity index (χ1v) is 7.18. The summed E-state index contributed by atoms with van der Waals surface area (Å²) >= 11 is 5.93. The second kappa shape index (κ2) is 6.23. The Balaban J connectivity index is 2.20. The SMILES string of the molecule is CCC(C)c1ccc(Oc2nnc(Cl)c(C)c2C)cc1. The first-order valence-electron chi connectivity index (χ1n) is 6.80. The molecule has 0 fully saturated rings. The molecule has 1 aromatic heterocycles. The van der Waals surface area contributed by atoms with Crippen LogP contribution in [0.1, 0.15) is 42.9 Å². The molecule has 0 spiro atoms. The largest absolute Gasteiger partial charge is 0.437 e. The molecule has 1 heterocycles. The smallest absolute Gasteiger partial charge is 0.242 e. The summed E-state index contributed by atoms with van der Waals surface area (Å²) in [5, 5.41) is 8.31. The summed E-state index contributed by atoms with van der Waals surface area (Å²) < 4.78 is 5.78. The van der Waals surface area contributed by atoms with E-state index in [2.05, 4.69) is 36.2 Å². The van der Waals surface area contributed by atoms with Crippen LogP contribution in [0.25, 0.3) is 0 Å². The molecule has 4 heteroatoms. The van der Waals surface area contributed by atoms with Crippen LogP contribution in [0.3, 0.4) is 0 Å². The fourth-order valence-corrected chi connectivity index (χ4v) is 2.04. The van der Waals surface area contributed by atoms with Crippen molar-refractivity contribution < 1.29 is 4.74 Å². The average Bonchev–Trinajstić information content (AvgIpc) is 2.48. The molecule has 0 saturated carbocycles. The number of benzene rings is 1. The molecule has 0 N–H and O–H groups in total. The predicted octanol–water partition coefficient (Wildman–Crippen LogP) is 5.05. The Hall–Kier alpha value is -1.61. The number of halogens is 1. The van der Waals surface area contributed by atoms with Gasteiger partial charge in [-0.25, -0.2) is 0 Å². The number of hydrogen-bond acceptors (Lipinski definition) is 3. The molecule has 1 unspecified atom stereocenters.